The molecular weight excluding hydrogens is 496 g/mol. The van der Waals surface area contributed by atoms with Crippen molar-refractivity contribution in [1.29, 1.82) is 0 Å². The van der Waals surface area contributed by atoms with Crippen LogP contribution in [0.5, 0.6) is 0 Å². The van der Waals surface area contributed by atoms with Crippen LogP contribution in [0.15, 0.2) is 83.9 Å². The summed E-state index contributed by atoms with van der Waals surface area (Å²) in [5.74, 6) is -1.75. The molecule has 0 bridgehead atoms. The number of para-hydroxylation sites is 1. The summed E-state index contributed by atoms with van der Waals surface area (Å²) in [5.41, 5.74) is 2.74. The van der Waals surface area contributed by atoms with Crippen molar-refractivity contribution in [3.05, 3.63) is 95.6 Å². The fourth-order valence-corrected chi connectivity index (χ4v) is 5.07. The monoisotopic (exact) mass is 524 g/mol. The van der Waals surface area contributed by atoms with Crippen LogP contribution in [0.4, 0.5) is 16.2 Å². The van der Waals surface area contributed by atoms with Gasteiger partial charge in [0.05, 0.1) is 23.5 Å². The van der Waals surface area contributed by atoms with E-state index in [1.165, 1.54) is 23.1 Å². The Kier molecular flexibility index (Phi) is 7.49. The highest BCUT2D eigenvalue weighted by Gasteiger charge is 2.35. The van der Waals surface area contributed by atoms with Gasteiger partial charge in [0, 0.05) is 22.7 Å². The first-order valence-electron chi connectivity index (χ1n) is 12.9. The predicted octanol–water partition coefficient (Wildman–Crippen LogP) is 4.48. The number of aromatic carboxylic acids is 1. The maximum absolute atomic E-state index is 13.9. The van der Waals surface area contributed by atoms with E-state index in [0.29, 0.717) is 17.0 Å². The highest BCUT2D eigenvalue weighted by atomic mass is 16.4. The Labute approximate surface area is 225 Å². The van der Waals surface area contributed by atoms with Crippen molar-refractivity contribution in [3.8, 4) is 0 Å². The number of carboxylic acid groups (broad SMARTS) is 1. The zero-order chi connectivity index (χ0) is 27.4. The zero-order valence-corrected chi connectivity index (χ0v) is 21.2. The number of hydrogen-bond donors (Lipinski definition) is 3. The van der Waals surface area contributed by atoms with Gasteiger partial charge in [-0.3, -0.25) is 9.59 Å². The van der Waals surface area contributed by atoms with Crippen molar-refractivity contribution < 1.29 is 24.3 Å². The number of nitrogens with zero attached hydrogens (tertiary/aromatic N) is 2. The number of fused-ring (bicyclic) bond motifs is 1. The van der Waals surface area contributed by atoms with Crippen LogP contribution in [0.1, 0.15) is 47.2 Å². The molecule has 1 heterocycles. The lowest BCUT2D eigenvalue weighted by Crippen LogP contribution is -2.50. The number of anilines is 2. The Hall–Kier alpha value is -4.79. The standard InChI is InChI=1S/C30H28N4O5/c35-25(19-9-4-5-10-19)18-34-24-16-7-6-15-23(24)26(20-11-2-1-3-12-20)32-27(28(34)36)33-30(39)31-22-14-8-13-21(17-22)29(37)38/h1-3,6-8,11-17,19,27H,4-5,9-10,18H2,(H,37,38)(H2,31,33,39)/t27-/m0/s1. The van der Waals surface area contributed by atoms with Gasteiger partial charge in [0.15, 0.2) is 5.78 Å². The third-order valence-electron chi connectivity index (χ3n) is 7.02. The molecule has 9 heteroatoms. The number of nitrogens with one attached hydrogen (secondary N) is 2. The first-order valence-corrected chi connectivity index (χ1v) is 12.9. The molecule has 3 aromatic carbocycles. The second kappa shape index (κ2) is 11.3. The molecule has 1 saturated carbocycles. The van der Waals surface area contributed by atoms with Gasteiger partial charge >= 0.3 is 12.0 Å². The van der Waals surface area contributed by atoms with E-state index in [1.54, 1.807) is 18.2 Å². The van der Waals surface area contributed by atoms with Gasteiger partial charge in [0.2, 0.25) is 6.17 Å². The molecule has 1 atom stereocenters. The molecule has 198 valence electrons. The van der Waals surface area contributed by atoms with Crippen molar-refractivity contribution in [1.82, 2.24) is 5.32 Å². The number of benzodiazepines with no additional fused rings is 1. The van der Waals surface area contributed by atoms with Crippen molar-refractivity contribution in [2.75, 3.05) is 16.8 Å². The largest absolute Gasteiger partial charge is 0.478 e. The number of urea groups is 1. The lowest BCUT2D eigenvalue weighted by molar-refractivity contribution is -0.125. The minimum atomic E-state index is -1.33. The number of aliphatic imine (C=N–C) groups is 1. The SMILES string of the molecule is O=C(Nc1cccc(C(=O)O)c1)N[C@@H]1N=C(c2ccccc2)c2ccccc2N(CC(=O)C2CCCC2)C1=O. The molecule has 0 saturated heterocycles. The summed E-state index contributed by atoms with van der Waals surface area (Å²) >= 11 is 0. The molecule has 9 nitrogen and oxygen atoms in total. The van der Waals surface area contributed by atoms with Crippen LogP contribution in [0, 0.1) is 5.92 Å². The summed E-state index contributed by atoms with van der Waals surface area (Å²) in [6, 6.07) is 21.7. The summed E-state index contributed by atoms with van der Waals surface area (Å²) < 4.78 is 0. The van der Waals surface area contributed by atoms with Gasteiger partial charge in [-0.1, -0.05) is 67.4 Å². The number of Topliss-reactive ketones (excluding diaryl/α,β-unsaturated/α-hetero) is 1. The van der Waals surface area contributed by atoms with Crippen LogP contribution >= 0.6 is 0 Å². The Bertz CT molecular complexity index is 1450. The van der Waals surface area contributed by atoms with Gasteiger partial charge in [-0.2, -0.15) is 0 Å². The number of amides is 3. The van der Waals surface area contributed by atoms with E-state index in [9.17, 15) is 24.3 Å². The quantitative estimate of drug-likeness (QED) is 0.420. The lowest BCUT2D eigenvalue weighted by atomic mass is 9.99. The molecule has 2 aliphatic rings. The van der Waals surface area contributed by atoms with Gasteiger partial charge in [0.25, 0.3) is 5.91 Å². The molecule has 1 aliphatic heterocycles. The Balaban J connectivity index is 1.49. The number of carbonyl (C=O) groups excluding carboxylic acids is 3. The first-order chi connectivity index (χ1) is 18.9. The van der Waals surface area contributed by atoms with E-state index in [0.717, 1.165) is 31.2 Å². The van der Waals surface area contributed by atoms with Crippen LogP contribution < -0.4 is 15.5 Å². The molecule has 3 aromatic rings. The predicted molar refractivity (Wildman–Crippen MR) is 147 cm³/mol. The molecule has 3 amide bonds. The topological polar surface area (TPSA) is 128 Å². The number of carboxylic acids is 1. The van der Waals surface area contributed by atoms with Gasteiger partial charge in [-0.15, -0.1) is 0 Å². The van der Waals surface area contributed by atoms with E-state index >= 15 is 0 Å². The summed E-state index contributed by atoms with van der Waals surface area (Å²) in [4.78, 5) is 57.6. The highest BCUT2D eigenvalue weighted by Crippen LogP contribution is 2.31. The van der Waals surface area contributed by atoms with E-state index in [1.807, 2.05) is 42.5 Å². The third-order valence-corrected chi connectivity index (χ3v) is 7.02. The maximum atomic E-state index is 13.9. The van der Waals surface area contributed by atoms with Crippen molar-refractivity contribution in [3.63, 3.8) is 0 Å². The van der Waals surface area contributed by atoms with Crippen LogP contribution in [0.3, 0.4) is 0 Å². The minimum absolute atomic E-state index is 0.00694. The Morgan fingerprint density at radius 1 is 0.923 bits per heavy atom. The molecule has 0 radical (unpaired) electrons. The van der Waals surface area contributed by atoms with E-state index in [2.05, 4.69) is 10.6 Å². The number of rotatable bonds is 7. The fraction of sp³-hybridized carbons (Fsp3) is 0.233. The lowest BCUT2D eigenvalue weighted by Gasteiger charge is -2.26. The van der Waals surface area contributed by atoms with Crippen LogP contribution in [0.2, 0.25) is 0 Å². The van der Waals surface area contributed by atoms with Crippen molar-refractivity contribution in [2.45, 2.75) is 31.8 Å². The summed E-state index contributed by atoms with van der Waals surface area (Å²) in [6.07, 6.45) is 2.29. The molecule has 0 unspecified atom stereocenters. The zero-order valence-electron chi connectivity index (χ0n) is 21.2. The minimum Gasteiger partial charge on any atom is -0.478 e. The second-order valence-corrected chi connectivity index (χ2v) is 9.62. The normalized spacial score (nSPS) is 17.1. The average Bonchev–Trinajstić information content (AvgIpc) is 3.46. The van der Waals surface area contributed by atoms with Gasteiger partial charge in [-0.05, 0) is 37.1 Å². The van der Waals surface area contributed by atoms with Crippen LogP contribution in [-0.4, -0.2) is 47.2 Å². The Morgan fingerprint density at radius 3 is 2.38 bits per heavy atom. The first kappa shape index (κ1) is 25.8. The molecule has 3 N–H and O–H groups in total. The maximum Gasteiger partial charge on any atom is 0.335 e. The van der Waals surface area contributed by atoms with E-state index < -0.39 is 24.1 Å². The van der Waals surface area contributed by atoms with Gasteiger partial charge in [-0.25, -0.2) is 14.6 Å². The summed E-state index contributed by atoms with van der Waals surface area (Å²) in [5, 5.41) is 14.5. The van der Waals surface area contributed by atoms with Crippen molar-refractivity contribution >= 4 is 40.8 Å². The average molecular weight is 525 g/mol. The summed E-state index contributed by atoms with van der Waals surface area (Å²) in [7, 11) is 0. The smallest absolute Gasteiger partial charge is 0.335 e. The van der Waals surface area contributed by atoms with E-state index in [4.69, 9.17) is 4.99 Å². The number of benzene rings is 3. The van der Waals surface area contributed by atoms with Crippen LogP contribution in [-0.2, 0) is 9.59 Å². The fourth-order valence-electron chi connectivity index (χ4n) is 5.07. The molecule has 0 aromatic heterocycles. The van der Waals surface area contributed by atoms with Crippen molar-refractivity contribution in [2.24, 2.45) is 10.9 Å². The number of carbonyl (C=O) groups is 4. The van der Waals surface area contributed by atoms with Gasteiger partial charge < -0.3 is 20.6 Å². The molecular formula is C30H28N4O5. The molecule has 5 rings (SSSR count). The molecule has 39 heavy (non-hydrogen) atoms. The number of ketones is 1. The highest BCUT2D eigenvalue weighted by molar-refractivity contribution is 6.21. The van der Waals surface area contributed by atoms with E-state index in [-0.39, 0.29) is 29.5 Å². The molecule has 0 spiro atoms. The molecule has 1 aliphatic carbocycles. The van der Waals surface area contributed by atoms with Gasteiger partial charge in [0.1, 0.15) is 0 Å². The Morgan fingerprint density at radius 2 is 1.64 bits per heavy atom. The molecule has 1 fully saturated rings. The van der Waals surface area contributed by atoms with Crippen LogP contribution in [0.25, 0.3) is 0 Å². The number of hydrogen-bond acceptors (Lipinski definition) is 5. The third kappa shape index (κ3) is 5.72. The second-order valence-electron chi connectivity index (χ2n) is 9.62. The summed E-state index contributed by atoms with van der Waals surface area (Å²) in [6.45, 7) is -0.113.